The number of hydrogen-bond acceptors (Lipinski definition) is 7. The van der Waals surface area contributed by atoms with Crippen LogP contribution in [0.1, 0.15) is 22.4 Å². The van der Waals surface area contributed by atoms with Gasteiger partial charge in [0.1, 0.15) is 5.75 Å². The molecular weight excluding hydrogens is 302 g/mol. The molecule has 2 N–H and O–H groups in total. The number of benzene rings is 1. The molecule has 1 heterocycles. The molecule has 0 bridgehead atoms. The number of aromatic hydroxyl groups is 1. The minimum absolute atomic E-state index is 0.0772. The van der Waals surface area contributed by atoms with Gasteiger partial charge in [0, 0.05) is 35.7 Å². The third-order valence-corrected chi connectivity index (χ3v) is 3.27. The van der Waals surface area contributed by atoms with E-state index in [1.165, 1.54) is 18.5 Å². The van der Waals surface area contributed by atoms with E-state index in [4.69, 9.17) is 0 Å². The maximum Gasteiger partial charge on any atom is 0.269 e. The first-order chi connectivity index (χ1) is 10.9. The second-order valence-corrected chi connectivity index (χ2v) is 4.81. The molecule has 0 spiro atoms. The molecule has 0 saturated carbocycles. The predicted octanol–water partition coefficient (Wildman–Crippen LogP) is 1.19. The Hall–Kier alpha value is -3.00. The van der Waals surface area contributed by atoms with Gasteiger partial charge in [-0.05, 0) is 12.5 Å². The van der Waals surface area contributed by atoms with Crippen molar-refractivity contribution in [3.05, 3.63) is 56.9 Å². The molecule has 0 aliphatic heterocycles. The monoisotopic (exact) mass is 316 g/mol. The molecule has 0 saturated heterocycles. The van der Waals surface area contributed by atoms with Gasteiger partial charge in [0.25, 0.3) is 5.69 Å². The van der Waals surface area contributed by atoms with E-state index in [0.29, 0.717) is 16.8 Å². The van der Waals surface area contributed by atoms with Crippen LogP contribution in [0.5, 0.6) is 11.5 Å². The third kappa shape index (κ3) is 3.61. The van der Waals surface area contributed by atoms with Crippen molar-refractivity contribution in [2.75, 3.05) is 0 Å². The molecule has 8 nitrogen and oxygen atoms in total. The van der Waals surface area contributed by atoms with E-state index in [2.05, 4.69) is 9.98 Å². The second-order valence-electron chi connectivity index (χ2n) is 4.81. The number of pyridine rings is 1. The summed E-state index contributed by atoms with van der Waals surface area (Å²) in [5, 5.41) is 41.6. The first-order valence-electron chi connectivity index (χ1n) is 6.66. The molecular formula is C15H14N3O5-. The first-order valence-corrected chi connectivity index (χ1v) is 6.66. The van der Waals surface area contributed by atoms with E-state index in [1.54, 1.807) is 6.92 Å². The largest absolute Gasteiger partial charge is 0.872 e. The second kappa shape index (κ2) is 6.84. The quantitative estimate of drug-likeness (QED) is 0.483. The lowest BCUT2D eigenvalue weighted by Gasteiger charge is -2.11. The van der Waals surface area contributed by atoms with Crippen LogP contribution in [0.25, 0.3) is 0 Å². The van der Waals surface area contributed by atoms with Gasteiger partial charge in [0.15, 0.2) is 0 Å². The van der Waals surface area contributed by atoms with Crippen molar-refractivity contribution in [1.82, 2.24) is 4.98 Å². The summed E-state index contributed by atoms with van der Waals surface area (Å²) in [6.07, 6.45) is 2.73. The molecule has 0 fully saturated rings. The Morgan fingerprint density at radius 3 is 2.78 bits per heavy atom. The van der Waals surface area contributed by atoms with Crippen LogP contribution in [-0.2, 0) is 13.2 Å². The van der Waals surface area contributed by atoms with Crippen molar-refractivity contribution >= 4 is 11.9 Å². The number of aromatic nitrogens is 1. The number of non-ortho nitro benzene ring substituents is 1. The van der Waals surface area contributed by atoms with Gasteiger partial charge in [0.05, 0.1) is 23.8 Å². The van der Waals surface area contributed by atoms with Crippen LogP contribution >= 0.6 is 0 Å². The Bertz CT molecular complexity index is 774. The topological polar surface area (TPSA) is 132 Å². The molecule has 2 aromatic rings. The van der Waals surface area contributed by atoms with Gasteiger partial charge >= 0.3 is 0 Å². The molecule has 0 aliphatic rings. The van der Waals surface area contributed by atoms with Gasteiger partial charge < -0.3 is 15.3 Å². The maximum absolute atomic E-state index is 11.7. The van der Waals surface area contributed by atoms with Crippen LogP contribution in [-0.4, -0.2) is 26.3 Å². The number of nitro benzene ring substituents is 1. The van der Waals surface area contributed by atoms with Crippen LogP contribution in [0.15, 0.2) is 29.4 Å². The van der Waals surface area contributed by atoms with Crippen molar-refractivity contribution < 1.29 is 20.2 Å². The molecule has 120 valence electrons. The normalized spacial score (nSPS) is 11.0. The van der Waals surface area contributed by atoms with Gasteiger partial charge in [-0.2, -0.15) is 0 Å². The lowest BCUT2D eigenvalue weighted by atomic mass is 10.1. The van der Waals surface area contributed by atoms with Crippen LogP contribution in [0.3, 0.4) is 0 Å². The number of hydrogen-bond donors (Lipinski definition) is 2. The summed E-state index contributed by atoms with van der Waals surface area (Å²) in [6.45, 7) is 1.20. The maximum atomic E-state index is 11.7. The zero-order valence-electron chi connectivity index (χ0n) is 12.3. The van der Waals surface area contributed by atoms with Gasteiger partial charge in [-0.1, -0.05) is 6.07 Å². The van der Waals surface area contributed by atoms with E-state index >= 15 is 0 Å². The SMILES string of the molecule is Cc1ncc(CO)c(C=NCc2cc([N+](=O)[O-])ccc2[O-])c1O. The van der Waals surface area contributed by atoms with E-state index in [0.717, 1.165) is 12.1 Å². The summed E-state index contributed by atoms with van der Waals surface area (Å²) >= 11 is 0. The van der Waals surface area contributed by atoms with Crippen molar-refractivity contribution in [3.8, 4) is 11.5 Å². The fraction of sp³-hybridized carbons (Fsp3) is 0.200. The third-order valence-electron chi connectivity index (χ3n) is 3.27. The van der Waals surface area contributed by atoms with Crippen LogP contribution in [0.4, 0.5) is 5.69 Å². The Labute approximate surface area is 131 Å². The van der Waals surface area contributed by atoms with Crippen LogP contribution < -0.4 is 5.11 Å². The molecule has 8 heteroatoms. The fourth-order valence-corrected chi connectivity index (χ4v) is 1.96. The van der Waals surface area contributed by atoms with E-state index in [-0.39, 0.29) is 35.9 Å². The molecule has 0 radical (unpaired) electrons. The standard InChI is InChI=1S/C15H15N3O5/c1-9-15(21)13(11(8-19)6-17-9)7-16-5-10-4-12(18(22)23)2-3-14(10)20/h2-4,6-7,19-21H,5,8H2,1H3/p-1. The molecule has 0 unspecified atom stereocenters. The fourth-order valence-electron chi connectivity index (χ4n) is 1.96. The highest BCUT2D eigenvalue weighted by molar-refractivity contribution is 5.85. The number of nitrogens with zero attached hydrogens (tertiary/aromatic N) is 3. The van der Waals surface area contributed by atoms with Crippen molar-refractivity contribution in [2.24, 2.45) is 4.99 Å². The van der Waals surface area contributed by atoms with Crippen molar-refractivity contribution in [1.29, 1.82) is 0 Å². The summed E-state index contributed by atoms with van der Waals surface area (Å²) in [5.41, 5.74) is 1.05. The number of rotatable bonds is 5. The average Bonchev–Trinajstić information content (AvgIpc) is 2.53. The Morgan fingerprint density at radius 1 is 1.39 bits per heavy atom. The minimum atomic E-state index is -0.589. The van der Waals surface area contributed by atoms with Gasteiger partial charge in [0.2, 0.25) is 0 Å². The summed E-state index contributed by atoms with van der Waals surface area (Å²) < 4.78 is 0. The van der Waals surface area contributed by atoms with Gasteiger partial charge in [-0.15, -0.1) is 5.75 Å². The number of aliphatic hydroxyl groups is 1. The average molecular weight is 316 g/mol. The molecule has 0 atom stereocenters. The van der Waals surface area contributed by atoms with Crippen molar-refractivity contribution in [3.63, 3.8) is 0 Å². The van der Waals surface area contributed by atoms with Gasteiger partial charge in [-0.25, -0.2) is 0 Å². The Kier molecular flexibility index (Phi) is 4.87. The minimum Gasteiger partial charge on any atom is -0.872 e. The lowest BCUT2D eigenvalue weighted by Crippen LogP contribution is -2.00. The zero-order chi connectivity index (χ0) is 17.0. The first kappa shape index (κ1) is 16.4. The van der Waals surface area contributed by atoms with E-state index in [9.17, 15) is 25.4 Å². The number of aryl methyl sites for hydroxylation is 1. The predicted molar refractivity (Wildman–Crippen MR) is 80.4 cm³/mol. The molecule has 23 heavy (non-hydrogen) atoms. The zero-order valence-corrected chi connectivity index (χ0v) is 12.3. The highest BCUT2D eigenvalue weighted by Crippen LogP contribution is 2.24. The number of nitro groups is 1. The smallest absolute Gasteiger partial charge is 0.269 e. The Morgan fingerprint density at radius 2 is 2.13 bits per heavy atom. The Balaban J connectivity index is 2.28. The molecule has 1 aromatic heterocycles. The van der Waals surface area contributed by atoms with Gasteiger partial charge in [-0.3, -0.25) is 20.1 Å². The van der Waals surface area contributed by atoms with Crippen LogP contribution in [0, 0.1) is 17.0 Å². The highest BCUT2D eigenvalue weighted by Gasteiger charge is 2.10. The van der Waals surface area contributed by atoms with Crippen LogP contribution in [0.2, 0.25) is 0 Å². The highest BCUT2D eigenvalue weighted by atomic mass is 16.6. The van der Waals surface area contributed by atoms with Crippen molar-refractivity contribution in [2.45, 2.75) is 20.1 Å². The summed E-state index contributed by atoms with van der Waals surface area (Å²) in [5.74, 6) is -0.466. The molecule has 0 amide bonds. The number of aliphatic imine (C=N–C) groups is 1. The van der Waals surface area contributed by atoms with E-state index < -0.39 is 4.92 Å². The summed E-state index contributed by atoms with van der Waals surface area (Å²) in [6, 6.07) is 3.43. The molecule has 2 rings (SSSR count). The number of aliphatic hydroxyl groups excluding tert-OH is 1. The lowest BCUT2D eigenvalue weighted by molar-refractivity contribution is -0.385. The molecule has 0 aliphatic carbocycles. The van der Waals surface area contributed by atoms with E-state index in [1.807, 2.05) is 0 Å². The summed E-state index contributed by atoms with van der Waals surface area (Å²) in [7, 11) is 0. The molecule has 1 aromatic carbocycles. The summed E-state index contributed by atoms with van der Waals surface area (Å²) in [4.78, 5) is 18.1.